The van der Waals surface area contributed by atoms with Gasteiger partial charge in [0, 0.05) is 11.3 Å². The summed E-state index contributed by atoms with van der Waals surface area (Å²) in [4.78, 5) is 28.3. The van der Waals surface area contributed by atoms with Crippen LogP contribution in [0.2, 0.25) is 0 Å². The fourth-order valence-electron chi connectivity index (χ4n) is 5.10. The predicted molar refractivity (Wildman–Crippen MR) is 166 cm³/mol. The molecule has 11 heteroatoms. The number of phenols is 1. The first-order chi connectivity index (χ1) is 20.9. The SMILES string of the molecule is COc1ccc(/C(O)=C2/C(=O)C(=O)N(c3nnc(SCc4cccc5ccccc45)s3)C2c2cccc(O)c2)cc1OC. The van der Waals surface area contributed by atoms with Crippen molar-refractivity contribution in [3.05, 3.63) is 107 Å². The number of Topliss-reactive ketones (excluding diaryl/α,β-unsaturated/α-hetero) is 1. The van der Waals surface area contributed by atoms with Gasteiger partial charge >= 0.3 is 5.91 Å². The Morgan fingerprint density at radius 1 is 0.930 bits per heavy atom. The summed E-state index contributed by atoms with van der Waals surface area (Å²) in [5.74, 6) is -0.802. The minimum absolute atomic E-state index is 0.0576. The summed E-state index contributed by atoms with van der Waals surface area (Å²) in [5.41, 5.74) is 1.66. The zero-order valence-corrected chi connectivity index (χ0v) is 24.7. The van der Waals surface area contributed by atoms with Crippen LogP contribution in [0.5, 0.6) is 17.2 Å². The van der Waals surface area contributed by atoms with Crippen LogP contribution >= 0.6 is 23.1 Å². The number of fused-ring (bicyclic) bond motifs is 1. The highest BCUT2D eigenvalue weighted by Crippen LogP contribution is 2.45. The third-order valence-corrected chi connectivity index (χ3v) is 9.22. The average molecular weight is 612 g/mol. The van der Waals surface area contributed by atoms with E-state index in [0.29, 0.717) is 27.2 Å². The molecule has 5 aromatic rings. The monoisotopic (exact) mass is 611 g/mol. The number of ketones is 1. The van der Waals surface area contributed by atoms with Gasteiger partial charge in [0.1, 0.15) is 11.5 Å². The topological polar surface area (TPSA) is 122 Å². The van der Waals surface area contributed by atoms with Crippen molar-refractivity contribution < 1.29 is 29.3 Å². The highest BCUT2D eigenvalue weighted by Gasteiger charge is 2.48. The Labute approximate surface area is 255 Å². The summed E-state index contributed by atoms with van der Waals surface area (Å²) in [6.45, 7) is 0. The predicted octanol–water partition coefficient (Wildman–Crippen LogP) is 6.33. The Morgan fingerprint density at radius 2 is 1.70 bits per heavy atom. The zero-order valence-electron chi connectivity index (χ0n) is 23.1. The number of carbonyl (C=O) groups is 2. The molecule has 2 heterocycles. The number of aromatic hydroxyl groups is 1. The fraction of sp³-hybridized carbons (Fsp3) is 0.125. The Hall–Kier alpha value is -4.87. The molecule has 1 aromatic heterocycles. The zero-order chi connectivity index (χ0) is 30.1. The van der Waals surface area contributed by atoms with E-state index >= 15 is 0 Å². The van der Waals surface area contributed by atoms with Crippen molar-refractivity contribution in [1.82, 2.24) is 10.2 Å². The second-order valence-electron chi connectivity index (χ2n) is 9.61. The van der Waals surface area contributed by atoms with Gasteiger partial charge in [0.05, 0.1) is 25.8 Å². The summed E-state index contributed by atoms with van der Waals surface area (Å²) >= 11 is 2.65. The lowest BCUT2D eigenvalue weighted by atomic mass is 9.95. The molecule has 2 N–H and O–H groups in total. The van der Waals surface area contributed by atoms with Gasteiger partial charge in [-0.25, -0.2) is 0 Å². The van der Waals surface area contributed by atoms with E-state index in [0.717, 1.165) is 16.3 Å². The van der Waals surface area contributed by atoms with Gasteiger partial charge in [-0.3, -0.25) is 14.5 Å². The highest BCUT2D eigenvalue weighted by atomic mass is 32.2. The molecular formula is C32H25N3O6S2. The largest absolute Gasteiger partial charge is 0.508 e. The van der Waals surface area contributed by atoms with E-state index in [4.69, 9.17) is 9.47 Å². The van der Waals surface area contributed by atoms with Crippen LogP contribution in [-0.2, 0) is 15.3 Å². The third kappa shape index (κ3) is 5.28. The normalized spacial score (nSPS) is 16.1. The van der Waals surface area contributed by atoms with Crippen LogP contribution in [0.25, 0.3) is 16.5 Å². The van der Waals surface area contributed by atoms with Gasteiger partial charge in [-0.1, -0.05) is 77.7 Å². The Bertz CT molecular complexity index is 1900. The highest BCUT2D eigenvalue weighted by molar-refractivity contribution is 8.00. The first-order valence-electron chi connectivity index (χ1n) is 13.1. The van der Waals surface area contributed by atoms with Crippen LogP contribution in [0.15, 0.2) is 94.8 Å². The molecule has 0 bridgehead atoms. The maximum atomic E-state index is 13.5. The Morgan fingerprint density at radius 3 is 2.49 bits per heavy atom. The van der Waals surface area contributed by atoms with E-state index in [1.165, 1.54) is 60.4 Å². The van der Waals surface area contributed by atoms with Crippen molar-refractivity contribution in [3.8, 4) is 17.2 Å². The van der Waals surface area contributed by atoms with Gasteiger partial charge in [0.2, 0.25) is 5.13 Å². The molecule has 1 aliphatic rings. The van der Waals surface area contributed by atoms with E-state index in [9.17, 15) is 19.8 Å². The molecule has 4 aromatic carbocycles. The van der Waals surface area contributed by atoms with E-state index in [-0.39, 0.29) is 22.0 Å². The maximum Gasteiger partial charge on any atom is 0.301 e. The van der Waals surface area contributed by atoms with Gasteiger partial charge in [-0.05, 0) is 52.2 Å². The van der Waals surface area contributed by atoms with Crippen LogP contribution in [0.3, 0.4) is 0 Å². The lowest BCUT2D eigenvalue weighted by Gasteiger charge is -2.22. The maximum absolute atomic E-state index is 13.5. The number of nitrogens with zero attached hydrogens (tertiary/aromatic N) is 3. The van der Waals surface area contributed by atoms with Crippen molar-refractivity contribution in [2.75, 3.05) is 19.1 Å². The number of hydrogen-bond acceptors (Lipinski definition) is 10. The standard InChI is InChI=1S/C32H25N3O6S2/c1-40-24-14-13-20(16-25(24)41-2)28(37)26-27(19-9-6-11-22(36)15-19)35(30(39)29(26)38)31-33-34-32(43-31)42-17-21-10-5-8-18-7-3-4-12-23(18)21/h3-16,27,36-37H,17H2,1-2H3/b28-26-. The van der Waals surface area contributed by atoms with E-state index in [1.807, 2.05) is 18.2 Å². The third-order valence-electron chi connectivity index (χ3n) is 7.12. The fourth-order valence-corrected chi connectivity index (χ4v) is 6.97. The summed E-state index contributed by atoms with van der Waals surface area (Å²) in [5, 5.41) is 32.8. The number of aromatic nitrogens is 2. The number of anilines is 1. The molecule has 1 atom stereocenters. The van der Waals surface area contributed by atoms with Gasteiger partial charge in [0.25, 0.3) is 5.78 Å². The number of methoxy groups -OCH3 is 2. The Kier molecular flexibility index (Phi) is 7.75. The smallest absolute Gasteiger partial charge is 0.301 e. The molecule has 1 saturated heterocycles. The van der Waals surface area contributed by atoms with Gasteiger partial charge in [0.15, 0.2) is 15.8 Å². The molecule has 0 aliphatic carbocycles. The van der Waals surface area contributed by atoms with Crippen molar-refractivity contribution in [3.63, 3.8) is 0 Å². The second kappa shape index (κ2) is 11.8. The number of hydrogen-bond donors (Lipinski definition) is 2. The van der Waals surface area contributed by atoms with E-state index < -0.39 is 23.5 Å². The summed E-state index contributed by atoms with van der Waals surface area (Å²) < 4.78 is 11.3. The van der Waals surface area contributed by atoms with Crippen molar-refractivity contribution in [1.29, 1.82) is 0 Å². The number of benzene rings is 4. The first-order valence-corrected chi connectivity index (χ1v) is 14.9. The minimum Gasteiger partial charge on any atom is -0.508 e. The molecule has 43 heavy (non-hydrogen) atoms. The van der Waals surface area contributed by atoms with E-state index in [2.05, 4.69) is 34.5 Å². The van der Waals surface area contributed by atoms with Crippen molar-refractivity contribution in [2.45, 2.75) is 16.1 Å². The summed E-state index contributed by atoms with van der Waals surface area (Å²) in [7, 11) is 2.94. The summed E-state index contributed by atoms with van der Waals surface area (Å²) in [6, 6.07) is 24.1. The van der Waals surface area contributed by atoms with Crippen molar-refractivity contribution >= 4 is 56.5 Å². The van der Waals surface area contributed by atoms with Crippen LogP contribution in [-0.4, -0.2) is 46.3 Å². The summed E-state index contributed by atoms with van der Waals surface area (Å²) in [6.07, 6.45) is 0. The lowest BCUT2D eigenvalue weighted by molar-refractivity contribution is -0.132. The van der Waals surface area contributed by atoms with E-state index in [1.54, 1.807) is 24.3 Å². The second-order valence-corrected chi connectivity index (χ2v) is 11.8. The molecule has 0 spiro atoms. The number of rotatable bonds is 8. The van der Waals surface area contributed by atoms with Gasteiger partial charge < -0.3 is 19.7 Å². The molecule has 9 nitrogen and oxygen atoms in total. The molecule has 1 fully saturated rings. The Balaban J connectivity index is 1.38. The number of carbonyl (C=O) groups excluding carboxylic acids is 2. The molecule has 6 rings (SSSR count). The number of thioether (sulfide) groups is 1. The van der Waals surface area contributed by atoms with Crippen LogP contribution in [0.4, 0.5) is 5.13 Å². The van der Waals surface area contributed by atoms with Crippen molar-refractivity contribution in [2.24, 2.45) is 0 Å². The lowest BCUT2D eigenvalue weighted by Crippen LogP contribution is -2.29. The number of aliphatic hydroxyl groups is 1. The average Bonchev–Trinajstić information content (AvgIpc) is 3.60. The first kappa shape index (κ1) is 28.3. The minimum atomic E-state index is -1.07. The molecule has 1 amide bonds. The number of amides is 1. The molecule has 1 aliphatic heterocycles. The molecule has 216 valence electrons. The molecule has 0 saturated carbocycles. The quantitative estimate of drug-likeness (QED) is 0.0681. The molecule has 0 radical (unpaired) electrons. The molecule has 1 unspecified atom stereocenters. The van der Waals surface area contributed by atoms with Crippen LogP contribution in [0.1, 0.15) is 22.7 Å². The molecular weight excluding hydrogens is 587 g/mol. The number of aliphatic hydroxyl groups excluding tert-OH is 1. The van der Waals surface area contributed by atoms with Gasteiger partial charge in [-0.2, -0.15) is 0 Å². The number of ether oxygens (including phenoxy) is 2. The van der Waals surface area contributed by atoms with Crippen LogP contribution in [0, 0.1) is 0 Å². The van der Waals surface area contributed by atoms with Gasteiger partial charge in [-0.15, -0.1) is 10.2 Å². The number of phenolic OH excluding ortho intramolecular Hbond substituents is 1. The van der Waals surface area contributed by atoms with Crippen LogP contribution < -0.4 is 14.4 Å².